The van der Waals surface area contributed by atoms with Gasteiger partial charge in [0.15, 0.2) is 12.4 Å². The first kappa shape index (κ1) is 22.6. The van der Waals surface area contributed by atoms with E-state index >= 15 is 0 Å². The summed E-state index contributed by atoms with van der Waals surface area (Å²) in [6, 6.07) is 6.98. The van der Waals surface area contributed by atoms with Crippen LogP contribution in [-0.2, 0) is 9.53 Å². The number of ether oxygens (including phenoxy) is 1. The van der Waals surface area contributed by atoms with Crippen LogP contribution in [0.4, 0.5) is 5.69 Å². The molecule has 0 saturated heterocycles. The van der Waals surface area contributed by atoms with E-state index in [0.717, 1.165) is 6.07 Å². The van der Waals surface area contributed by atoms with Crippen molar-refractivity contribution in [2.45, 2.75) is 20.8 Å². The van der Waals surface area contributed by atoms with Crippen LogP contribution in [0.15, 0.2) is 34.9 Å². The summed E-state index contributed by atoms with van der Waals surface area (Å²) in [7, 11) is 0. The SMILES string of the molecule is Cc1cc(-n2c(C)cc(C(=O)COC(=O)CN3C(=O)c4cccc([N+](=O)[O-])c4C3=O)c2C)no1. The molecule has 1 aliphatic rings. The summed E-state index contributed by atoms with van der Waals surface area (Å²) in [5.74, 6) is -2.22. The standard InChI is InChI=1S/C22H18N4O8/c1-11-7-15(13(3)25(11)18-8-12(2)34-23-18)17(27)10-33-19(28)9-24-21(29)14-5-4-6-16(26(31)32)20(14)22(24)30/h4-8H,9-10H2,1-3H3. The van der Waals surface area contributed by atoms with Gasteiger partial charge in [-0.15, -0.1) is 0 Å². The average Bonchev–Trinajstić information content (AvgIpc) is 3.42. The van der Waals surface area contributed by atoms with Gasteiger partial charge in [-0.25, -0.2) is 0 Å². The van der Waals surface area contributed by atoms with E-state index < -0.39 is 47.3 Å². The third kappa shape index (κ3) is 3.74. The molecule has 0 spiro atoms. The van der Waals surface area contributed by atoms with Gasteiger partial charge >= 0.3 is 5.97 Å². The quantitative estimate of drug-likeness (QED) is 0.168. The van der Waals surface area contributed by atoms with Crippen LogP contribution in [0.1, 0.15) is 48.2 Å². The maximum atomic E-state index is 12.7. The van der Waals surface area contributed by atoms with E-state index in [9.17, 15) is 29.3 Å². The van der Waals surface area contributed by atoms with Crippen LogP contribution < -0.4 is 0 Å². The van der Waals surface area contributed by atoms with E-state index in [0.29, 0.717) is 33.4 Å². The Bertz CT molecular complexity index is 1380. The fraction of sp³-hybridized carbons (Fsp3) is 0.227. The maximum Gasteiger partial charge on any atom is 0.326 e. The normalized spacial score (nSPS) is 12.7. The van der Waals surface area contributed by atoms with Crippen molar-refractivity contribution in [1.29, 1.82) is 0 Å². The number of carbonyl (C=O) groups excluding carboxylic acids is 4. The van der Waals surface area contributed by atoms with Crippen LogP contribution in [0.3, 0.4) is 0 Å². The van der Waals surface area contributed by atoms with Crippen molar-refractivity contribution in [2.24, 2.45) is 0 Å². The number of rotatable bonds is 7. The molecule has 0 radical (unpaired) electrons. The van der Waals surface area contributed by atoms with Crippen LogP contribution in [0.5, 0.6) is 0 Å². The molecule has 1 aliphatic heterocycles. The second-order valence-corrected chi connectivity index (χ2v) is 7.65. The van der Waals surface area contributed by atoms with Gasteiger partial charge in [-0.05, 0) is 32.9 Å². The number of nitrogens with zero attached hydrogens (tertiary/aromatic N) is 4. The zero-order valence-electron chi connectivity index (χ0n) is 18.4. The molecule has 1 aromatic carbocycles. The van der Waals surface area contributed by atoms with Crippen LogP contribution in [0.25, 0.3) is 5.82 Å². The van der Waals surface area contributed by atoms with E-state index in [1.54, 1.807) is 37.5 Å². The lowest BCUT2D eigenvalue weighted by atomic mass is 10.1. The number of aryl methyl sites for hydroxylation is 2. The molecule has 0 N–H and O–H groups in total. The van der Waals surface area contributed by atoms with Gasteiger partial charge in [-0.3, -0.25) is 38.8 Å². The van der Waals surface area contributed by atoms with Crippen molar-refractivity contribution < 1.29 is 33.4 Å². The number of fused-ring (bicyclic) bond motifs is 1. The Hall–Kier alpha value is -4.61. The van der Waals surface area contributed by atoms with Gasteiger partial charge in [0.1, 0.15) is 17.9 Å². The predicted octanol–water partition coefficient (Wildman–Crippen LogP) is 2.32. The van der Waals surface area contributed by atoms with Gasteiger partial charge in [0.2, 0.25) is 5.78 Å². The number of ketones is 1. The minimum Gasteiger partial charge on any atom is -0.456 e. The maximum absolute atomic E-state index is 12.7. The lowest BCUT2D eigenvalue weighted by Crippen LogP contribution is -2.36. The lowest BCUT2D eigenvalue weighted by molar-refractivity contribution is -0.385. The summed E-state index contributed by atoms with van der Waals surface area (Å²) in [5.41, 5.74) is 0.519. The van der Waals surface area contributed by atoms with E-state index in [2.05, 4.69) is 5.16 Å². The molecule has 12 heteroatoms. The zero-order chi connectivity index (χ0) is 24.7. The largest absolute Gasteiger partial charge is 0.456 e. The van der Waals surface area contributed by atoms with Crippen molar-refractivity contribution in [1.82, 2.24) is 14.6 Å². The number of aromatic nitrogens is 2. The molecule has 0 saturated carbocycles. The van der Waals surface area contributed by atoms with Crippen molar-refractivity contribution in [3.8, 4) is 5.82 Å². The molecular formula is C22H18N4O8. The van der Waals surface area contributed by atoms with Crippen molar-refractivity contribution >= 4 is 29.3 Å². The average molecular weight is 466 g/mol. The van der Waals surface area contributed by atoms with Crippen molar-refractivity contribution in [3.63, 3.8) is 0 Å². The summed E-state index contributed by atoms with van der Waals surface area (Å²) in [5, 5.41) is 15.1. The smallest absolute Gasteiger partial charge is 0.326 e. The third-order valence-electron chi connectivity index (χ3n) is 5.40. The Kier molecular flexibility index (Phi) is 5.57. The summed E-state index contributed by atoms with van der Waals surface area (Å²) < 4.78 is 11.8. The number of carbonyl (C=O) groups is 4. The van der Waals surface area contributed by atoms with Gasteiger partial charge < -0.3 is 9.26 Å². The van der Waals surface area contributed by atoms with E-state index in [4.69, 9.17) is 9.26 Å². The van der Waals surface area contributed by atoms with Crippen LogP contribution in [-0.4, -0.2) is 56.3 Å². The Labute approximate surface area is 191 Å². The number of imide groups is 1. The Morgan fingerprint density at radius 3 is 2.53 bits per heavy atom. The van der Waals surface area contributed by atoms with Gasteiger partial charge in [-0.1, -0.05) is 11.2 Å². The third-order valence-corrected chi connectivity index (χ3v) is 5.40. The lowest BCUT2D eigenvalue weighted by Gasteiger charge is -2.12. The molecule has 0 fully saturated rings. The minimum absolute atomic E-state index is 0.168. The number of hydrogen-bond donors (Lipinski definition) is 0. The number of Topliss-reactive ketones (excluding diaryl/α,β-unsaturated/α-hetero) is 1. The fourth-order valence-corrected chi connectivity index (χ4v) is 3.87. The van der Waals surface area contributed by atoms with Gasteiger partial charge in [0.05, 0.1) is 10.5 Å². The first-order valence-electron chi connectivity index (χ1n) is 10.0. The highest BCUT2D eigenvalue weighted by molar-refractivity contribution is 6.24. The molecule has 12 nitrogen and oxygen atoms in total. The summed E-state index contributed by atoms with van der Waals surface area (Å²) in [6.07, 6.45) is 0. The van der Waals surface area contributed by atoms with E-state index in [1.807, 2.05) is 0 Å². The molecule has 0 aliphatic carbocycles. The fourth-order valence-electron chi connectivity index (χ4n) is 3.87. The molecule has 0 unspecified atom stereocenters. The van der Waals surface area contributed by atoms with Gasteiger partial charge in [0.25, 0.3) is 17.5 Å². The second-order valence-electron chi connectivity index (χ2n) is 7.65. The summed E-state index contributed by atoms with van der Waals surface area (Å²) in [6.45, 7) is 3.82. The topological polar surface area (TPSA) is 155 Å². The summed E-state index contributed by atoms with van der Waals surface area (Å²) in [4.78, 5) is 61.0. The molecule has 174 valence electrons. The first-order chi connectivity index (χ1) is 16.1. The highest BCUT2D eigenvalue weighted by Crippen LogP contribution is 2.30. The molecule has 4 rings (SSSR count). The predicted molar refractivity (Wildman–Crippen MR) is 114 cm³/mol. The molecular weight excluding hydrogens is 448 g/mol. The Morgan fingerprint density at radius 2 is 1.88 bits per heavy atom. The van der Waals surface area contributed by atoms with Crippen molar-refractivity contribution in [2.75, 3.05) is 13.2 Å². The van der Waals surface area contributed by atoms with Crippen LogP contribution in [0.2, 0.25) is 0 Å². The zero-order valence-corrected chi connectivity index (χ0v) is 18.4. The van der Waals surface area contributed by atoms with Crippen LogP contribution >= 0.6 is 0 Å². The number of benzene rings is 1. The number of nitro benzene ring substituents is 1. The highest BCUT2D eigenvalue weighted by atomic mass is 16.6. The Morgan fingerprint density at radius 1 is 1.15 bits per heavy atom. The molecule has 3 heterocycles. The second kappa shape index (κ2) is 8.39. The van der Waals surface area contributed by atoms with Gasteiger partial charge in [0, 0.05) is 29.1 Å². The molecule has 0 atom stereocenters. The van der Waals surface area contributed by atoms with Crippen LogP contribution in [0, 0.1) is 30.9 Å². The molecule has 2 amide bonds. The van der Waals surface area contributed by atoms with E-state index in [-0.39, 0.29) is 11.1 Å². The van der Waals surface area contributed by atoms with Gasteiger partial charge in [-0.2, -0.15) is 0 Å². The summed E-state index contributed by atoms with van der Waals surface area (Å²) >= 11 is 0. The number of hydrogen-bond acceptors (Lipinski definition) is 9. The minimum atomic E-state index is -1.01. The monoisotopic (exact) mass is 466 g/mol. The highest BCUT2D eigenvalue weighted by Gasteiger charge is 2.42. The Balaban J connectivity index is 1.44. The first-order valence-corrected chi connectivity index (χ1v) is 10.0. The van der Waals surface area contributed by atoms with E-state index in [1.165, 1.54) is 12.1 Å². The number of nitro groups is 1. The number of esters is 1. The molecule has 3 aromatic rings. The molecule has 34 heavy (non-hydrogen) atoms. The van der Waals surface area contributed by atoms with Crippen molar-refractivity contribution in [3.05, 3.63) is 74.3 Å². The molecule has 0 bridgehead atoms. The number of amides is 2. The molecule has 2 aromatic heterocycles.